The van der Waals surface area contributed by atoms with Gasteiger partial charge in [-0.3, -0.25) is 4.99 Å². The van der Waals surface area contributed by atoms with Crippen molar-refractivity contribution in [1.29, 1.82) is 0 Å². The molecule has 2 aliphatic carbocycles. The molecule has 0 radical (unpaired) electrons. The van der Waals surface area contributed by atoms with E-state index in [9.17, 15) is 0 Å². The quantitative estimate of drug-likeness (QED) is 0.594. The summed E-state index contributed by atoms with van der Waals surface area (Å²) in [6.07, 6.45) is 8.95. The highest BCUT2D eigenvalue weighted by Crippen LogP contribution is 2.49. The molecule has 2 N–H and O–H groups in total. The van der Waals surface area contributed by atoms with Gasteiger partial charge in [-0.25, -0.2) is 0 Å². The lowest BCUT2D eigenvalue weighted by atomic mass is 9.86. The lowest BCUT2D eigenvalue weighted by Gasteiger charge is -2.22. The molecular weight excluding hydrogens is 300 g/mol. The standard InChI is InChI=1S/C19H32N4O/c1-4-17-16(18(5-2)24-23-17)12-22-19(20-3)21-9-8-15-11-13-6-7-14(15)10-13/h13-15H,4-12H2,1-3H3,(H2,20,21,22). The van der Waals surface area contributed by atoms with Crippen molar-refractivity contribution >= 4 is 5.96 Å². The summed E-state index contributed by atoms with van der Waals surface area (Å²) in [6.45, 7) is 5.96. The number of aliphatic imine (C=N–C) groups is 1. The van der Waals surface area contributed by atoms with Crippen molar-refractivity contribution in [2.24, 2.45) is 22.7 Å². The van der Waals surface area contributed by atoms with Crippen molar-refractivity contribution in [3.8, 4) is 0 Å². The average molecular weight is 332 g/mol. The van der Waals surface area contributed by atoms with Crippen LogP contribution in [0, 0.1) is 17.8 Å². The maximum absolute atomic E-state index is 5.43. The Bertz CT molecular complexity index is 544. The zero-order valence-electron chi connectivity index (χ0n) is 15.4. The van der Waals surface area contributed by atoms with Gasteiger partial charge in [0.05, 0.1) is 5.69 Å². The predicted molar refractivity (Wildman–Crippen MR) is 97.0 cm³/mol. The summed E-state index contributed by atoms with van der Waals surface area (Å²) < 4.78 is 5.43. The summed E-state index contributed by atoms with van der Waals surface area (Å²) in [6, 6.07) is 0. The van der Waals surface area contributed by atoms with Crippen LogP contribution >= 0.6 is 0 Å². The monoisotopic (exact) mass is 332 g/mol. The molecule has 2 bridgehead atoms. The van der Waals surface area contributed by atoms with Crippen LogP contribution < -0.4 is 10.6 Å². The highest BCUT2D eigenvalue weighted by molar-refractivity contribution is 5.79. The first-order valence-electron chi connectivity index (χ1n) is 9.65. The Kier molecular flexibility index (Phi) is 5.80. The second-order valence-corrected chi connectivity index (χ2v) is 7.31. The number of hydrogen-bond donors (Lipinski definition) is 2. The number of guanidine groups is 1. The van der Waals surface area contributed by atoms with Gasteiger partial charge in [0.25, 0.3) is 0 Å². The van der Waals surface area contributed by atoms with E-state index in [0.29, 0.717) is 0 Å². The molecule has 0 amide bonds. The molecule has 3 rings (SSSR count). The number of aromatic nitrogens is 1. The molecule has 0 saturated heterocycles. The topological polar surface area (TPSA) is 62.5 Å². The fourth-order valence-corrected chi connectivity index (χ4v) is 4.64. The molecule has 3 atom stereocenters. The third kappa shape index (κ3) is 3.76. The van der Waals surface area contributed by atoms with Gasteiger partial charge in [0, 0.05) is 32.1 Å². The van der Waals surface area contributed by atoms with E-state index in [1.165, 1.54) is 37.7 Å². The van der Waals surface area contributed by atoms with Crippen molar-refractivity contribution in [2.45, 2.75) is 65.3 Å². The minimum absolute atomic E-state index is 0.726. The molecule has 2 fully saturated rings. The van der Waals surface area contributed by atoms with Crippen LogP contribution in [0.1, 0.15) is 63.0 Å². The molecule has 1 aromatic rings. The van der Waals surface area contributed by atoms with Crippen molar-refractivity contribution in [3.05, 3.63) is 17.0 Å². The van der Waals surface area contributed by atoms with Crippen LogP contribution in [0.5, 0.6) is 0 Å². The van der Waals surface area contributed by atoms with Crippen LogP contribution in [0.3, 0.4) is 0 Å². The molecule has 0 spiro atoms. The largest absolute Gasteiger partial charge is 0.361 e. The van der Waals surface area contributed by atoms with Gasteiger partial charge in [0.15, 0.2) is 5.96 Å². The van der Waals surface area contributed by atoms with Gasteiger partial charge >= 0.3 is 0 Å². The van der Waals surface area contributed by atoms with E-state index in [0.717, 1.165) is 61.1 Å². The van der Waals surface area contributed by atoms with Crippen molar-refractivity contribution < 1.29 is 4.52 Å². The van der Waals surface area contributed by atoms with E-state index in [2.05, 4.69) is 34.6 Å². The van der Waals surface area contributed by atoms with E-state index in [-0.39, 0.29) is 0 Å². The Labute approximate surface area is 145 Å². The minimum atomic E-state index is 0.726. The molecule has 5 nitrogen and oxygen atoms in total. The number of nitrogens with one attached hydrogen (secondary N) is 2. The van der Waals surface area contributed by atoms with Gasteiger partial charge in [-0.1, -0.05) is 25.4 Å². The van der Waals surface area contributed by atoms with Crippen LogP contribution in [0.2, 0.25) is 0 Å². The normalized spacial score (nSPS) is 26.1. The third-order valence-electron chi connectivity index (χ3n) is 5.96. The fourth-order valence-electron chi connectivity index (χ4n) is 4.64. The van der Waals surface area contributed by atoms with Crippen molar-refractivity contribution in [2.75, 3.05) is 13.6 Å². The first-order chi connectivity index (χ1) is 11.7. The molecule has 5 heteroatoms. The number of rotatable bonds is 7. The molecule has 3 unspecified atom stereocenters. The Hall–Kier alpha value is -1.52. The Balaban J connectivity index is 1.44. The van der Waals surface area contributed by atoms with Crippen LogP contribution in [-0.2, 0) is 19.4 Å². The number of nitrogens with zero attached hydrogens (tertiary/aromatic N) is 2. The van der Waals surface area contributed by atoms with Gasteiger partial charge in [0.1, 0.15) is 5.76 Å². The number of fused-ring (bicyclic) bond motifs is 2. The SMILES string of the molecule is CCc1noc(CC)c1CNC(=NC)NCCC1CC2CCC1C2. The van der Waals surface area contributed by atoms with E-state index < -0.39 is 0 Å². The first-order valence-corrected chi connectivity index (χ1v) is 9.65. The molecule has 134 valence electrons. The lowest BCUT2D eigenvalue weighted by molar-refractivity contribution is 0.315. The molecule has 0 aromatic carbocycles. The first kappa shape index (κ1) is 17.3. The summed E-state index contributed by atoms with van der Waals surface area (Å²) >= 11 is 0. The maximum Gasteiger partial charge on any atom is 0.191 e. The zero-order chi connectivity index (χ0) is 16.9. The highest BCUT2D eigenvalue weighted by atomic mass is 16.5. The van der Waals surface area contributed by atoms with E-state index in [1.54, 1.807) is 0 Å². The third-order valence-corrected chi connectivity index (χ3v) is 5.96. The molecule has 0 aliphatic heterocycles. The van der Waals surface area contributed by atoms with Gasteiger partial charge < -0.3 is 15.2 Å². The van der Waals surface area contributed by atoms with Gasteiger partial charge in [-0.05, 0) is 49.9 Å². The average Bonchev–Trinajstić information content (AvgIpc) is 3.32. The van der Waals surface area contributed by atoms with E-state index >= 15 is 0 Å². The molecule has 1 aromatic heterocycles. The lowest BCUT2D eigenvalue weighted by Crippen LogP contribution is -2.38. The summed E-state index contributed by atoms with van der Waals surface area (Å²) in [5.41, 5.74) is 2.24. The van der Waals surface area contributed by atoms with Crippen LogP contribution in [0.25, 0.3) is 0 Å². The van der Waals surface area contributed by atoms with Crippen LogP contribution in [0.15, 0.2) is 9.52 Å². The second kappa shape index (κ2) is 8.04. The minimum Gasteiger partial charge on any atom is -0.361 e. The fraction of sp³-hybridized carbons (Fsp3) is 0.789. The van der Waals surface area contributed by atoms with Crippen LogP contribution in [-0.4, -0.2) is 24.7 Å². The van der Waals surface area contributed by atoms with Gasteiger partial charge in [-0.15, -0.1) is 0 Å². The summed E-state index contributed by atoms with van der Waals surface area (Å²) in [5, 5.41) is 11.1. The van der Waals surface area contributed by atoms with Crippen molar-refractivity contribution in [1.82, 2.24) is 15.8 Å². The Morgan fingerprint density at radius 1 is 1.21 bits per heavy atom. The number of aryl methyl sites for hydroxylation is 2. The molecule has 24 heavy (non-hydrogen) atoms. The summed E-state index contributed by atoms with van der Waals surface area (Å²) in [7, 11) is 1.84. The molecule has 1 heterocycles. The molecule has 2 saturated carbocycles. The zero-order valence-corrected chi connectivity index (χ0v) is 15.4. The summed E-state index contributed by atoms with van der Waals surface area (Å²) in [5.74, 6) is 4.83. The maximum atomic E-state index is 5.43. The van der Waals surface area contributed by atoms with Gasteiger partial charge in [-0.2, -0.15) is 0 Å². The number of hydrogen-bond acceptors (Lipinski definition) is 3. The molecular formula is C19H32N4O. The Morgan fingerprint density at radius 3 is 2.71 bits per heavy atom. The smallest absolute Gasteiger partial charge is 0.191 e. The summed E-state index contributed by atoms with van der Waals surface area (Å²) in [4.78, 5) is 4.35. The van der Waals surface area contributed by atoms with E-state index in [4.69, 9.17) is 4.52 Å². The van der Waals surface area contributed by atoms with Crippen molar-refractivity contribution in [3.63, 3.8) is 0 Å². The second-order valence-electron chi connectivity index (χ2n) is 7.31. The van der Waals surface area contributed by atoms with Crippen LogP contribution in [0.4, 0.5) is 0 Å². The predicted octanol–water partition coefficient (Wildman–Crippen LogP) is 3.29. The Morgan fingerprint density at radius 2 is 2.08 bits per heavy atom. The molecule has 2 aliphatic rings. The highest BCUT2D eigenvalue weighted by Gasteiger charge is 2.38. The van der Waals surface area contributed by atoms with Gasteiger partial charge in [0.2, 0.25) is 0 Å². The van der Waals surface area contributed by atoms with E-state index in [1.807, 2.05) is 7.05 Å².